The van der Waals surface area contributed by atoms with Gasteiger partial charge < -0.3 is 15.1 Å². The number of benzene rings is 3. The first-order valence-corrected chi connectivity index (χ1v) is 12.5. The fraction of sp³-hybridized carbons (Fsp3) is 0.320. The second-order valence-electron chi connectivity index (χ2n) is 8.61. The second kappa shape index (κ2) is 9.51. The van der Waals surface area contributed by atoms with Gasteiger partial charge in [0.05, 0.1) is 11.4 Å². The van der Waals surface area contributed by atoms with Crippen LogP contribution in [0.2, 0.25) is 0 Å². The first-order chi connectivity index (χ1) is 15.7. The van der Waals surface area contributed by atoms with Gasteiger partial charge in [0.15, 0.2) is 0 Å². The van der Waals surface area contributed by atoms with E-state index in [1.807, 2.05) is 43.3 Å². The van der Waals surface area contributed by atoms with Crippen molar-refractivity contribution in [2.24, 2.45) is 0 Å². The zero-order chi connectivity index (χ0) is 23.6. The Labute approximate surface area is 195 Å². The molecule has 0 saturated carbocycles. The molecule has 1 saturated heterocycles. The van der Waals surface area contributed by atoms with Crippen molar-refractivity contribution in [3.8, 4) is 0 Å². The molecular formula is C25H30N4O3S. The Hall–Kier alpha value is -2.94. The van der Waals surface area contributed by atoms with E-state index in [4.69, 9.17) is 0 Å². The molecule has 0 aromatic heterocycles. The molecule has 0 aliphatic carbocycles. The number of carbonyl (C=O) groups is 1. The van der Waals surface area contributed by atoms with Crippen molar-refractivity contribution in [2.75, 3.05) is 57.0 Å². The lowest BCUT2D eigenvalue weighted by atomic mass is 10.1. The van der Waals surface area contributed by atoms with Gasteiger partial charge in [0.2, 0.25) is 15.9 Å². The molecule has 4 rings (SSSR count). The van der Waals surface area contributed by atoms with Crippen LogP contribution in [0.15, 0.2) is 65.6 Å². The van der Waals surface area contributed by atoms with Crippen LogP contribution in [0.3, 0.4) is 0 Å². The highest BCUT2D eigenvalue weighted by Gasteiger charge is 2.23. The van der Waals surface area contributed by atoms with E-state index in [-0.39, 0.29) is 17.3 Å². The minimum Gasteiger partial charge on any atom is -0.369 e. The van der Waals surface area contributed by atoms with Crippen molar-refractivity contribution >= 4 is 38.1 Å². The molecule has 8 heteroatoms. The standard InChI is InChI=1S/C25H30N4O3S/c1-19-16-22(29-14-12-27(2)13-15-29)9-11-24(19)26-25(30)18-28(3)33(31,32)23-10-8-20-6-4-5-7-21(20)17-23/h4-11,16-17H,12-15,18H2,1-3H3,(H,26,30). The van der Waals surface area contributed by atoms with Gasteiger partial charge in [0.1, 0.15) is 0 Å². The minimum absolute atomic E-state index is 0.171. The van der Waals surface area contributed by atoms with Gasteiger partial charge in [-0.2, -0.15) is 4.31 Å². The Kier molecular flexibility index (Phi) is 6.69. The van der Waals surface area contributed by atoms with Crippen LogP contribution in [0.4, 0.5) is 11.4 Å². The minimum atomic E-state index is -3.79. The number of nitrogens with zero attached hydrogens (tertiary/aromatic N) is 3. The molecule has 33 heavy (non-hydrogen) atoms. The first kappa shape index (κ1) is 23.2. The zero-order valence-electron chi connectivity index (χ0n) is 19.3. The molecule has 7 nitrogen and oxygen atoms in total. The highest BCUT2D eigenvalue weighted by Crippen LogP contribution is 2.24. The summed E-state index contributed by atoms with van der Waals surface area (Å²) >= 11 is 0. The molecule has 1 N–H and O–H groups in total. The van der Waals surface area contributed by atoms with E-state index in [1.54, 1.807) is 18.2 Å². The van der Waals surface area contributed by atoms with Gasteiger partial charge in [-0.1, -0.05) is 30.3 Å². The number of sulfonamides is 1. The Morgan fingerprint density at radius 3 is 2.36 bits per heavy atom. The number of hydrogen-bond donors (Lipinski definition) is 1. The Bertz CT molecular complexity index is 1270. The lowest BCUT2D eigenvalue weighted by Crippen LogP contribution is -2.44. The number of anilines is 2. The predicted molar refractivity (Wildman–Crippen MR) is 133 cm³/mol. The van der Waals surface area contributed by atoms with E-state index in [0.29, 0.717) is 5.69 Å². The summed E-state index contributed by atoms with van der Waals surface area (Å²) in [5.74, 6) is -0.377. The number of aryl methyl sites for hydroxylation is 1. The second-order valence-corrected chi connectivity index (χ2v) is 10.7. The SMILES string of the molecule is Cc1cc(N2CCN(C)CC2)ccc1NC(=O)CN(C)S(=O)(=O)c1ccc2ccccc2c1. The van der Waals surface area contributed by atoms with Gasteiger partial charge in [-0.3, -0.25) is 4.79 Å². The topological polar surface area (TPSA) is 73.0 Å². The quantitative estimate of drug-likeness (QED) is 0.604. The van der Waals surface area contributed by atoms with E-state index in [9.17, 15) is 13.2 Å². The average molecular weight is 467 g/mol. The number of amides is 1. The Morgan fingerprint density at radius 1 is 0.970 bits per heavy atom. The highest BCUT2D eigenvalue weighted by molar-refractivity contribution is 7.89. The summed E-state index contributed by atoms with van der Waals surface area (Å²) in [5, 5.41) is 4.67. The molecule has 1 aliphatic rings. The third-order valence-corrected chi connectivity index (χ3v) is 7.95. The van der Waals surface area contributed by atoms with E-state index in [0.717, 1.165) is 52.5 Å². The summed E-state index contributed by atoms with van der Waals surface area (Å²) in [6.07, 6.45) is 0. The van der Waals surface area contributed by atoms with Crippen LogP contribution in [-0.4, -0.2) is 70.3 Å². The fourth-order valence-corrected chi connectivity index (χ4v) is 5.20. The average Bonchev–Trinajstić information content (AvgIpc) is 2.80. The van der Waals surface area contributed by atoms with Crippen LogP contribution in [0.25, 0.3) is 10.8 Å². The summed E-state index contributed by atoms with van der Waals surface area (Å²) in [5.41, 5.74) is 2.77. The third-order valence-electron chi connectivity index (χ3n) is 6.15. The molecule has 1 amide bonds. The lowest BCUT2D eigenvalue weighted by Gasteiger charge is -2.34. The number of rotatable bonds is 6. The third kappa shape index (κ3) is 5.19. The molecule has 3 aromatic rings. The molecule has 3 aromatic carbocycles. The van der Waals surface area contributed by atoms with E-state index < -0.39 is 10.0 Å². The predicted octanol–water partition coefficient (Wildman–Crippen LogP) is 3.16. The number of likely N-dealkylation sites (N-methyl/N-ethyl adjacent to an activating group) is 2. The first-order valence-electron chi connectivity index (χ1n) is 11.0. The van der Waals surface area contributed by atoms with Crippen molar-refractivity contribution in [2.45, 2.75) is 11.8 Å². The zero-order valence-corrected chi connectivity index (χ0v) is 20.1. The van der Waals surface area contributed by atoms with Gasteiger partial charge in [0, 0.05) is 44.6 Å². The molecule has 0 radical (unpaired) electrons. The highest BCUT2D eigenvalue weighted by atomic mass is 32.2. The van der Waals surface area contributed by atoms with Gasteiger partial charge in [-0.15, -0.1) is 0 Å². The molecule has 0 spiro atoms. The van der Waals surface area contributed by atoms with Gasteiger partial charge in [0.25, 0.3) is 0 Å². The molecule has 1 aliphatic heterocycles. The summed E-state index contributed by atoms with van der Waals surface area (Å²) in [7, 11) is -0.244. The van der Waals surface area contributed by atoms with Crippen molar-refractivity contribution in [1.82, 2.24) is 9.21 Å². The Morgan fingerprint density at radius 2 is 1.67 bits per heavy atom. The molecule has 0 unspecified atom stereocenters. The molecule has 1 fully saturated rings. The maximum Gasteiger partial charge on any atom is 0.243 e. The molecule has 0 bridgehead atoms. The van der Waals surface area contributed by atoms with Crippen molar-refractivity contribution < 1.29 is 13.2 Å². The van der Waals surface area contributed by atoms with E-state index in [1.165, 1.54) is 7.05 Å². The number of nitrogens with one attached hydrogen (secondary N) is 1. The molecular weight excluding hydrogens is 436 g/mol. The Balaban J connectivity index is 1.42. The number of hydrogen-bond acceptors (Lipinski definition) is 5. The van der Waals surface area contributed by atoms with Crippen LogP contribution in [0.1, 0.15) is 5.56 Å². The molecule has 174 valence electrons. The van der Waals surface area contributed by atoms with Crippen LogP contribution >= 0.6 is 0 Å². The van der Waals surface area contributed by atoms with Crippen LogP contribution in [0, 0.1) is 6.92 Å². The van der Waals surface area contributed by atoms with Crippen molar-refractivity contribution in [3.05, 3.63) is 66.2 Å². The summed E-state index contributed by atoms with van der Waals surface area (Å²) < 4.78 is 27.1. The van der Waals surface area contributed by atoms with Crippen molar-refractivity contribution in [1.29, 1.82) is 0 Å². The number of piperazine rings is 1. The van der Waals surface area contributed by atoms with Gasteiger partial charge in [-0.05, 0) is 60.6 Å². The number of fused-ring (bicyclic) bond motifs is 1. The van der Waals surface area contributed by atoms with Gasteiger partial charge >= 0.3 is 0 Å². The number of carbonyl (C=O) groups excluding carboxylic acids is 1. The fourth-order valence-electron chi connectivity index (χ4n) is 4.03. The monoisotopic (exact) mass is 466 g/mol. The maximum atomic E-state index is 13.0. The van der Waals surface area contributed by atoms with E-state index in [2.05, 4.69) is 28.2 Å². The normalized spacial score (nSPS) is 15.2. The van der Waals surface area contributed by atoms with Gasteiger partial charge in [-0.25, -0.2) is 8.42 Å². The van der Waals surface area contributed by atoms with Crippen LogP contribution < -0.4 is 10.2 Å². The van der Waals surface area contributed by atoms with Crippen molar-refractivity contribution in [3.63, 3.8) is 0 Å². The molecule has 0 atom stereocenters. The van der Waals surface area contributed by atoms with E-state index >= 15 is 0 Å². The smallest absolute Gasteiger partial charge is 0.243 e. The summed E-state index contributed by atoms with van der Waals surface area (Å²) in [6, 6.07) is 18.5. The summed E-state index contributed by atoms with van der Waals surface area (Å²) in [4.78, 5) is 17.5. The van der Waals surface area contributed by atoms with Crippen LogP contribution in [-0.2, 0) is 14.8 Å². The largest absolute Gasteiger partial charge is 0.369 e. The summed E-state index contributed by atoms with van der Waals surface area (Å²) in [6.45, 7) is 5.67. The molecule has 1 heterocycles. The lowest BCUT2D eigenvalue weighted by molar-refractivity contribution is -0.116. The maximum absolute atomic E-state index is 13.0. The van der Waals surface area contributed by atoms with Crippen LogP contribution in [0.5, 0.6) is 0 Å².